The van der Waals surface area contributed by atoms with Crippen LogP contribution in [0.2, 0.25) is 0 Å². The molecule has 0 unspecified atom stereocenters. The maximum Gasteiger partial charge on any atom is 0.416 e. The number of alkyl halides is 3. The van der Waals surface area contributed by atoms with Crippen molar-refractivity contribution in [3.63, 3.8) is 0 Å². The first-order chi connectivity index (χ1) is 14.1. The van der Waals surface area contributed by atoms with Crippen LogP contribution in [0, 0.1) is 6.92 Å². The van der Waals surface area contributed by atoms with Crippen molar-refractivity contribution in [2.24, 2.45) is 0 Å². The second-order valence-electron chi connectivity index (χ2n) is 6.66. The molecule has 0 atom stereocenters. The molecule has 0 heterocycles. The number of nitrogens with zero attached hydrogens (tertiary/aromatic N) is 1. The molecule has 30 heavy (non-hydrogen) atoms. The number of rotatable bonds is 8. The Hall–Kier alpha value is -3.23. The zero-order valence-corrected chi connectivity index (χ0v) is 17.0. The van der Waals surface area contributed by atoms with Crippen LogP contribution in [0.25, 0.3) is 0 Å². The van der Waals surface area contributed by atoms with E-state index in [0.29, 0.717) is 5.69 Å². The fourth-order valence-electron chi connectivity index (χ4n) is 2.57. The highest BCUT2D eigenvalue weighted by molar-refractivity contribution is 5.95. The quantitative estimate of drug-likeness (QED) is 0.675. The maximum absolute atomic E-state index is 13.0. The van der Waals surface area contributed by atoms with Crippen molar-refractivity contribution in [2.75, 3.05) is 37.4 Å². The van der Waals surface area contributed by atoms with E-state index < -0.39 is 17.6 Å². The number of hydrogen-bond donors (Lipinski definition) is 2. The molecule has 2 aromatic carbocycles. The number of anilines is 2. The van der Waals surface area contributed by atoms with Gasteiger partial charge in [-0.15, -0.1) is 0 Å². The van der Waals surface area contributed by atoms with Gasteiger partial charge < -0.3 is 20.3 Å². The van der Waals surface area contributed by atoms with E-state index >= 15 is 0 Å². The fourth-order valence-corrected chi connectivity index (χ4v) is 2.57. The smallest absolute Gasteiger partial charge is 0.416 e. The molecule has 0 bridgehead atoms. The number of halogens is 3. The summed E-state index contributed by atoms with van der Waals surface area (Å²) in [7, 11) is 1.44. The van der Waals surface area contributed by atoms with Crippen molar-refractivity contribution in [3.8, 4) is 5.75 Å². The lowest BCUT2D eigenvalue weighted by atomic mass is 10.1. The van der Waals surface area contributed by atoms with E-state index in [-0.39, 0.29) is 37.0 Å². The van der Waals surface area contributed by atoms with E-state index in [1.807, 2.05) is 19.1 Å². The summed E-state index contributed by atoms with van der Waals surface area (Å²) >= 11 is 0. The van der Waals surface area contributed by atoms with Gasteiger partial charge in [-0.3, -0.25) is 9.59 Å². The van der Waals surface area contributed by atoms with Gasteiger partial charge in [0.15, 0.2) is 0 Å². The molecule has 2 aromatic rings. The first-order valence-corrected chi connectivity index (χ1v) is 9.28. The van der Waals surface area contributed by atoms with Gasteiger partial charge in [-0.1, -0.05) is 17.7 Å². The fraction of sp³-hybridized carbons (Fsp3) is 0.333. The van der Waals surface area contributed by atoms with Crippen molar-refractivity contribution in [1.82, 2.24) is 4.90 Å². The van der Waals surface area contributed by atoms with Crippen LogP contribution in [0.4, 0.5) is 24.5 Å². The second kappa shape index (κ2) is 10.00. The van der Waals surface area contributed by atoms with E-state index in [4.69, 9.17) is 4.74 Å². The Bertz CT molecular complexity index is 883. The van der Waals surface area contributed by atoms with Crippen LogP contribution in [0.3, 0.4) is 0 Å². The largest absolute Gasteiger partial charge is 0.492 e. The molecule has 0 aliphatic heterocycles. The average Bonchev–Trinajstić information content (AvgIpc) is 2.68. The maximum atomic E-state index is 13.0. The minimum atomic E-state index is -4.52. The molecule has 6 nitrogen and oxygen atoms in total. The zero-order valence-electron chi connectivity index (χ0n) is 17.0. The van der Waals surface area contributed by atoms with E-state index in [1.165, 1.54) is 18.0 Å². The van der Waals surface area contributed by atoms with Crippen molar-refractivity contribution >= 4 is 23.2 Å². The summed E-state index contributed by atoms with van der Waals surface area (Å²) in [4.78, 5) is 25.6. The summed E-state index contributed by atoms with van der Waals surface area (Å²) in [6.45, 7) is 3.39. The molecule has 0 spiro atoms. The summed E-state index contributed by atoms with van der Waals surface area (Å²) in [5.41, 5.74) is 0.853. The molecule has 0 fully saturated rings. The number of likely N-dealkylation sites (N-methyl/N-ethyl adjacent to an activating group) is 1. The van der Waals surface area contributed by atoms with E-state index in [2.05, 4.69) is 10.6 Å². The monoisotopic (exact) mass is 423 g/mol. The minimum Gasteiger partial charge on any atom is -0.492 e. The van der Waals surface area contributed by atoms with Gasteiger partial charge in [0.1, 0.15) is 5.75 Å². The molecule has 2 amide bonds. The van der Waals surface area contributed by atoms with Crippen LogP contribution < -0.4 is 15.4 Å². The van der Waals surface area contributed by atoms with Crippen LogP contribution in [-0.2, 0) is 15.8 Å². The van der Waals surface area contributed by atoms with Crippen LogP contribution in [-0.4, -0.2) is 43.5 Å². The van der Waals surface area contributed by atoms with Gasteiger partial charge in [0.2, 0.25) is 11.8 Å². The number of aryl methyl sites for hydroxylation is 1. The van der Waals surface area contributed by atoms with Crippen LogP contribution >= 0.6 is 0 Å². The lowest BCUT2D eigenvalue weighted by Crippen LogP contribution is -2.38. The molecule has 2 N–H and O–H groups in total. The van der Waals surface area contributed by atoms with Crippen molar-refractivity contribution in [2.45, 2.75) is 20.0 Å². The summed E-state index contributed by atoms with van der Waals surface area (Å²) in [5, 5.41) is 5.35. The number of ether oxygens (including phenoxy) is 1. The number of benzene rings is 2. The van der Waals surface area contributed by atoms with Crippen LogP contribution in [0.5, 0.6) is 5.75 Å². The Morgan fingerprint density at radius 2 is 1.77 bits per heavy atom. The highest BCUT2D eigenvalue weighted by Gasteiger charge is 2.31. The van der Waals surface area contributed by atoms with Gasteiger partial charge in [-0.2, -0.15) is 13.2 Å². The topological polar surface area (TPSA) is 70.7 Å². The molecule has 9 heteroatoms. The lowest BCUT2D eigenvalue weighted by molar-refractivity contribution is -0.137. The molecular weight excluding hydrogens is 399 g/mol. The van der Waals surface area contributed by atoms with Crippen LogP contribution in [0.15, 0.2) is 42.5 Å². The van der Waals surface area contributed by atoms with Crippen LogP contribution in [0.1, 0.15) is 18.1 Å². The third-order valence-electron chi connectivity index (χ3n) is 4.18. The number of carbonyl (C=O) groups excluding carboxylic acids is 2. The Kier molecular flexibility index (Phi) is 7.68. The molecule has 2 rings (SSSR count). The predicted molar refractivity (Wildman–Crippen MR) is 109 cm³/mol. The number of hydrogen-bond acceptors (Lipinski definition) is 4. The molecular formula is C21H24F3N3O3. The van der Waals surface area contributed by atoms with Crippen molar-refractivity contribution < 1.29 is 27.5 Å². The Morgan fingerprint density at radius 3 is 2.37 bits per heavy atom. The number of amides is 2. The first kappa shape index (κ1) is 23.1. The van der Waals surface area contributed by atoms with E-state index in [1.54, 1.807) is 19.1 Å². The normalized spacial score (nSPS) is 11.0. The Labute approximate surface area is 173 Å². The van der Waals surface area contributed by atoms with Gasteiger partial charge in [-0.05, 0) is 44.2 Å². The summed E-state index contributed by atoms with van der Waals surface area (Å²) in [5.74, 6) is -0.643. The van der Waals surface area contributed by atoms with E-state index in [0.717, 1.165) is 17.7 Å². The highest BCUT2D eigenvalue weighted by Crippen LogP contribution is 2.35. The zero-order chi connectivity index (χ0) is 22.3. The summed E-state index contributed by atoms with van der Waals surface area (Å²) in [6, 6.07) is 10.2. The van der Waals surface area contributed by atoms with Gasteiger partial charge in [0.05, 0.1) is 30.9 Å². The molecule has 162 valence electrons. The van der Waals surface area contributed by atoms with Gasteiger partial charge in [0, 0.05) is 12.7 Å². The highest BCUT2D eigenvalue weighted by atomic mass is 19.4. The SMILES string of the molecule is CCOc1ccc(C(F)(F)F)cc1NCC(=O)N(C)CC(=O)Nc1ccc(C)cc1. The second-order valence-corrected chi connectivity index (χ2v) is 6.66. The first-order valence-electron chi connectivity index (χ1n) is 9.28. The molecule has 0 aliphatic carbocycles. The summed E-state index contributed by atoms with van der Waals surface area (Å²) < 4.78 is 44.2. The third-order valence-corrected chi connectivity index (χ3v) is 4.18. The number of nitrogens with one attached hydrogen (secondary N) is 2. The molecule has 0 saturated heterocycles. The standard InChI is InChI=1S/C21H24F3N3O3/c1-4-30-18-10-7-15(21(22,23)24)11-17(18)25-12-20(29)27(3)13-19(28)26-16-8-5-14(2)6-9-16/h5-11,25H,4,12-13H2,1-3H3,(H,26,28). The predicted octanol–water partition coefficient (Wildman–Crippen LogP) is 3.92. The summed E-state index contributed by atoms with van der Waals surface area (Å²) in [6.07, 6.45) is -4.52. The van der Waals surface area contributed by atoms with Crippen molar-refractivity contribution in [1.29, 1.82) is 0 Å². The molecule has 0 radical (unpaired) electrons. The lowest BCUT2D eigenvalue weighted by Gasteiger charge is -2.19. The van der Waals surface area contributed by atoms with Gasteiger partial charge >= 0.3 is 6.18 Å². The Balaban J connectivity index is 1.96. The van der Waals surface area contributed by atoms with Crippen molar-refractivity contribution in [3.05, 3.63) is 53.6 Å². The molecule has 0 aliphatic rings. The third kappa shape index (κ3) is 6.68. The van der Waals surface area contributed by atoms with Gasteiger partial charge in [0.25, 0.3) is 0 Å². The Morgan fingerprint density at radius 1 is 1.10 bits per heavy atom. The number of carbonyl (C=O) groups is 2. The average molecular weight is 423 g/mol. The minimum absolute atomic E-state index is 0.0533. The van der Waals surface area contributed by atoms with E-state index in [9.17, 15) is 22.8 Å². The molecule has 0 saturated carbocycles. The van der Waals surface area contributed by atoms with Gasteiger partial charge in [-0.25, -0.2) is 0 Å². The molecule has 0 aromatic heterocycles.